The molecule has 0 aliphatic carbocycles. The summed E-state index contributed by atoms with van der Waals surface area (Å²) in [6, 6.07) is 5.28. The van der Waals surface area contributed by atoms with Crippen molar-refractivity contribution in [2.24, 2.45) is 11.8 Å². The molecule has 1 aromatic rings. The zero-order chi connectivity index (χ0) is 22.2. The molecule has 6 heteroatoms. The van der Waals surface area contributed by atoms with Crippen molar-refractivity contribution in [1.82, 2.24) is 0 Å². The molecule has 0 aromatic heterocycles. The maximum atomic E-state index is 13.1. The van der Waals surface area contributed by atoms with Gasteiger partial charge >= 0.3 is 0 Å². The number of anilines is 1. The first-order valence-corrected chi connectivity index (χ1v) is 10.7. The van der Waals surface area contributed by atoms with Crippen molar-refractivity contribution >= 4 is 23.2 Å². The first-order valence-electron chi connectivity index (χ1n) is 10.3. The Morgan fingerprint density at radius 2 is 1.66 bits per heavy atom. The Hall–Kier alpha value is -1.30. The molecule has 0 spiro atoms. The Labute approximate surface area is 181 Å². The third-order valence-corrected chi connectivity index (χ3v) is 5.28. The Morgan fingerprint density at radius 3 is 2.10 bits per heavy atom. The number of halogens is 1. The summed E-state index contributed by atoms with van der Waals surface area (Å²) in [6.07, 6.45) is 2.04. The highest BCUT2D eigenvalue weighted by Crippen LogP contribution is 2.32. The number of carbonyl (C=O) groups excluding carboxylic acids is 1. The number of carbonyl (C=O) groups is 1. The molecule has 0 saturated carbocycles. The molecule has 0 aliphatic rings. The molecule has 29 heavy (non-hydrogen) atoms. The predicted octanol–water partition coefficient (Wildman–Crippen LogP) is 5.95. The van der Waals surface area contributed by atoms with Crippen LogP contribution in [0.3, 0.4) is 0 Å². The van der Waals surface area contributed by atoms with E-state index in [-0.39, 0.29) is 11.5 Å². The minimum absolute atomic E-state index is 0.144. The van der Waals surface area contributed by atoms with E-state index in [4.69, 9.17) is 25.8 Å². The third kappa shape index (κ3) is 8.15. The Kier molecular flexibility index (Phi) is 9.93. The highest BCUT2D eigenvalue weighted by atomic mass is 35.5. The van der Waals surface area contributed by atoms with Crippen LogP contribution in [0.5, 0.6) is 5.75 Å². The van der Waals surface area contributed by atoms with Crippen molar-refractivity contribution in [3.63, 3.8) is 0 Å². The van der Waals surface area contributed by atoms with Crippen LogP contribution in [-0.4, -0.2) is 37.9 Å². The van der Waals surface area contributed by atoms with Gasteiger partial charge in [-0.05, 0) is 56.7 Å². The van der Waals surface area contributed by atoms with Crippen LogP contribution in [0.25, 0.3) is 0 Å². The summed E-state index contributed by atoms with van der Waals surface area (Å²) < 4.78 is 16.9. The molecule has 0 radical (unpaired) electrons. The third-order valence-electron chi connectivity index (χ3n) is 4.98. The number of benzene rings is 1. The van der Waals surface area contributed by atoms with Gasteiger partial charge < -0.3 is 19.5 Å². The van der Waals surface area contributed by atoms with E-state index in [1.165, 1.54) is 0 Å². The van der Waals surface area contributed by atoms with E-state index in [1.807, 2.05) is 13.8 Å². The Bertz CT molecular complexity index is 648. The molecule has 0 atom stereocenters. The second-order valence-corrected chi connectivity index (χ2v) is 9.46. The molecule has 0 bridgehead atoms. The lowest BCUT2D eigenvalue weighted by Gasteiger charge is -2.34. The molecule has 1 aromatic carbocycles. The maximum Gasteiger partial charge on any atom is 0.256 e. The van der Waals surface area contributed by atoms with E-state index in [0.29, 0.717) is 47.7 Å². The molecule has 1 rings (SSSR count). The van der Waals surface area contributed by atoms with Crippen molar-refractivity contribution in [2.45, 2.75) is 72.0 Å². The number of methoxy groups -OCH3 is 2. The van der Waals surface area contributed by atoms with Crippen LogP contribution in [0.1, 0.15) is 60.8 Å². The monoisotopic (exact) mass is 427 g/mol. The van der Waals surface area contributed by atoms with Gasteiger partial charge in [-0.15, -0.1) is 0 Å². The number of hydrogen-bond acceptors (Lipinski definition) is 4. The van der Waals surface area contributed by atoms with Gasteiger partial charge in [0.2, 0.25) is 0 Å². The number of amides is 1. The SMILES string of the molecule is COC(C)(C)CCOc1ccc(NC(=O)C(CC(C)C)(CC(C)C)OC)cc1Cl. The topological polar surface area (TPSA) is 56.8 Å². The minimum atomic E-state index is -0.865. The van der Waals surface area contributed by atoms with Gasteiger partial charge in [-0.25, -0.2) is 0 Å². The lowest BCUT2D eigenvalue weighted by Crippen LogP contribution is -2.46. The number of ether oxygens (including phenoxy) is 3. The lowest BCUT2D eigenvalue weighted by molar-refractivity contribution is -0.142. The smallest absolute Gasteiger partial charge is 0.256 e. The molecule has 1 N–H and O–H groups in total. The summed E-state index contributed by atoms with van der Waals surface area (Å²) >= 11 is 6.37. The summed E-state index contributed by atoms with van der Waals surface area (Å²) in [4.78, 5) is 13.1. The van der Waals surface area contributed by atoms with Gasteiger partial charge in [0, 0.05) is 26.3 Å². The molecule has 0 fully saturated rings. The fraction of sp³-hybridized carbons (Fsp3) is 0.696. The van der Waals surface area contributed by atoms with Gasteiger partial charge in [0.1, 0.15) is 11.4 Å². The Morgan fingerprint density at radius 1 is 1.07 bits per heavy atom. The average Bonchev–Trinajstić information content (AvgIpc) is 2.61. The summed E-state index contributed by atoms with van der Waals surface area (Å²) in [7, 11) is 3.29. The molecular weight excluding hydrogens is 390 g/mol. The van der Waals surface area contributed by atoms with Gasteiger partial charge in [-0.1, -0.05) is 39.3 Å². The zero-order valence-electron chi connectivity index (χ0n) is 19.2. The van der Waals surface area contributed by atoms with Crippen LogP contribution >= 0.6 is 11.6 Å². The van der Waals surface area contributed by atoms with Crippen LogP contribution in [-0.2, 0) is 14.3 Å². The molecule has 0 saturated heterocycles. The molecular formula is C23H38ClNO4. The fourth-order valence-corrected chi connectivity index (χ4v) is 3.53. The van der Waals surface area contributed by atoms with Crippen molar-refractivity contribution in [1.29, 1.82) is 0 Å². The van der Waals surface area contributed by atoms with E-state index >= 15 is 0 Å². The normalized spacial score (nSPS) is 12.5. The number of nitrogens with one attached hydrogen (secondary N) is 1. The van der Waals surface area contributed by atoms with Crippen LogP contribution < -0.4 is 10.1 Å². The molecule has 5 nitrogen and oxygen atoms in total. The van der Waals surface area contributed by atoms with E-state index in [0.717, 1.165) is 6.42 Å². The predicted molar refractivity (Wildman–Crippen MR) is 120 cm³/mol. The molecule has 1 amide bonds. The summed E-state index contributed by atoms with van der Waals surface area (Å²) in [5, 5.41) is 3.43. The molecule has 0 aliphatic heterocycles. The summed E-state index contributed by atoms with van der Waals surface area (Å²) in [5.74, 6) is 1.10. The van der Waals surface area contributed by atoms with Crippen LogP contribution in [0, 0.1) is 11.8 Å². The standard InChI is InChI=1S/C23H38ClNO4/c1-16(2)14-23(28-8,15-17(3)4)21(26)25-18-9-10-20(19(24)13-18)29-12-11-22(5,6)27-7/h9-10,13,16-17H,11-12,14-15H2,1-8H3,(H,25,26). The molecule has 0 unspecified atom stereocenters. The average molecular weight is 428 g/mol. The van der Waals surface area contributed by atoms with E-state index in [9.17, 15) is 4.79 Å². The van der Waals surface area contributed by atoms with Gasteiger partial charge in [0.05, 0.1) is 17.2 Å². The van der Waals surface area contributed by atoms with E-state index < -0.39 is 5.60 Å². The van der Waals surface area contributed by atoms with Crippen LogP contribution in [0.15, 0.2) is 18.2 Å². The number of rotatable bonds is 12. The van der Waals surface area contributed by atoms with Crippen molar-refractivity contribution < 1.29 is 19.0 Å². The first-order chi connectivity index (χ1) is 13.4. The highest BCUT2D eigenvalue weighted by molar-refractivity contribution is 6.32. The largest absolute Gasteiger partial charge is 0.492 e. The van der Waals surface area contributed by atoms with Crippen LogP contribution in [0.4, 0.5) is 5.69 Å². The number of hydrogen-bond donors (Lipinski definition) is 1. The fourth-order valence-electron chi connectivity index (χ4n) is 3.30. The quantitative estimate of drug-likeness (QED) is 0.447. The van der Waals surface area contributed by atoms with E-state index in [1.54, 1.807) is 32.4 Å². The highest BCUT2D eigenvalue weighted by Gasteiger charge is 2.39. The lowest BCUT2D eigenvalue weighted by atomic mass is 9.84. The van der Waals surface area contributed by atoms with Gasteiger partial charge in [-0.3, -0.25) is 4.79 Å². The summed E-state index contributed by atoms with van der Waals surface area (Å²) in [6.45, 7) is 12.9. The van der Waals surface area contributed by atoms with Gasteiger partial charge in [-0.2, -0.15) is 0 Å². The minimum Gasteiger partial charge on any atom is -0.492 e. The van der Waals surface area contributed by atoms with Gasteiger partial charge in [0.25, 0.3) is 5.91 Å². The van der Waals surface area contributed by atoms with Gasteiger partial charge in [0.15, 0.2) is 0 Å². The van der Waals surface area contributed by atoms with Crippen LogP contribution in [0.2, 0.25) is 5.02 Å². The maximum absolute atomic E-state index is 13.1. The molecule has 0 heterocycles. The second kappa shape index (κ2) is 11.2. The Balaban J connectivity index is 2.88. The second-order valence-electron chi connectivity index (χ2n) is 9.06. The van der Waals surface area contributed by atoms with Crippen molar-refractivity contribution in [3.8, 4) is 5.75 Å². The first kappa shape index (κ1) is 25.7. The van der Waals surface area contributed by atoms with Crippen molar-refractivity contribution in [3.05, 3.63) is 23.2 Å². The zero-order valence-corrected chi connectivity index (χ0v) is 20.0. The summed E-state index contributed by atoms with van der Waals surface area (Å²) in [5.41, 5.74) is -0.495. The molecule has 166 valence electrons. The van der Waals surface area contributed by atoms with Crippen molar-refractivity contribution in [2.75, 3.05) is 26.1 Å². The van der Waals surface area contributed by atoms with E-state index in [2.05, 4.69) is 33.0 Å².